The number of nitrogens with zero attached hydrogens (tertiary/aromatic N) is 4. The molecule has 1 fully saturated rings. The molecule has 1 aliphatic rings. The molecule has 1 aromatic carbocycles. The first-order chi connectivity index (χ1) is 16.0. The number of aryl methyl sites for hydroxylation is 1. The van der Waals surface area contributed by atoms with Crippen LogP contribution in [0.15, 0.2) is 67.1 Å². The van der Waals surface area contributed by atoms with Gasteiger partial charge in [0, 0.05) is 63.2 Å². The Morgan fingerprint density at radius 2 is 1.64 bits per heavy atom. The van der Waals surface area contributed by atoms with E-state index in [4.69, 9.17) is 0 Å². The van der Waals surface area contributed by atoms with Crippen LogP contribution in [0.4, 0.5) is 11.4 Å². The summed E-state index contributed by atoms with van der Waals surface area (Å²) < 4.78 is 1.71. The maximum atomic E-state index is 12.9. The third-order valence-electron chi connectivity index (χ3n) is 5.64. The van der Waals surface area contributed by atoms with E-state index in [2.05, 4.69) is 20.5 Å². The number of nitrogens with one attached hydrogen (secondary N) is 2. The van der Waals surface area contributed by atoms with Crippen molar-refractivity contribution in [3.8, 4) is 0 Å². The lowest BCUT2D eigenvalue weighted by atomic mass is 10.1. The zero-order valence-electron chi connectivity index (χ0n) is 18.4. The largest absolute Gasteiger partial charge is 0.367 e. The number of amides is 3. The van der Waals surface area contributed by atoms with Crippen LogP contribution in [0.3, 0.4) is 0 Å². The Bertz CT molecular complexity index is 1140. The Labute approximate surface area is 192 Å². The van der Waals surface area contributed by atoms with Gasteiger partial charge in [-0.05, 0) is 36.4 Å². The molecule has 1 saturated heterocycles. The lowest BCUT2D eigenvalue weighted by molar-refractivity contribution is -0.130. The summed E-state index contributed by atoms with van der Waals surface area (Å²) in [4.78, 5) is 45.5. The maximum absolute atomic E-state index is 12.9. The van der Waals surface area contributed by atoms with Gasteiger partial charge in [-0.25, -0.2) is 0 Å². The number of rotatable bonds is 6. The lowest BCUT2D eigenvalue weighted by Gasteiger charge is -2.37. The molecule has 4 rings (SSSR count). The smallest absolute Gasteiger partial charge is 0.268 e. The maximum Gasteiger partial charge on any atom is 0.268 e. The van der Waals surface area contributed by atoms with Crippen molar-refractivity contribution < 1.29 is 14.4 Å². The molecule has 0 atom stereocenters. The minimum Gasteiger partial charge on any atom is -0.367 e. The number of carbonyl (C=O) groups is 3. The zero-order valence-corrected chi connectivity index (χ0v) is 18.4. The molecule has 33 heavy (non-hydrogen) atoms. The highest BCUT2D eigenvalue weighted by Gasteiger charge is 2.24. The SMILES string of the molecule is Cn1cccc1C(=O)NCC(=O)N1CCN(c2ccccc2C(=O)Nc2ccncc2)CC1. The molecule has 2 N–H and O–H groups in total. The molecule has 0 unspecified atom stereocenters. The lowest BCUT2D eigenvalue weighted by Crippen LogP contribution is -2.51. The average molecular weight is 447 g/mol. The molecule has 3 heterocycles. The van der Waals surface area contributed by atoms with E-state index in [1.807, 2.05) is 18.2 Å². The predicted octanol–water partition coefficient (Wildman–Crippen LogP) is 1.75. The first-order valence-corrected chi connectivity index (χ1v) is 10.8. The molecular formula is C24H26N6O3. The summed E-state index contributed by atoms with van der Waals surface area (Å²) >= 11 is 0. The Kier molecular flexibility index (Phi) is 6.68. The van der Waals surface area contributed by atoms with Crippen molar-refractivity contribution >= 4 is 29.1 Å². The van der Waals surface area contributed by atoms with Crippen LogP contribution in [0.1, 0.15) is 20.8 Å². The number of hydrogen-bond acceptors (Lipinski definition) is 5. The van der Waals surface area contributed by atoms with Gasteiger partial charge in [0.1, 0.15) is 5.69 Å². The predicted molar refractivity (Wildman–Crippen MR) is 125 cm³/mol. The van der Waals surface area contributed by atoms with Crippen molar-refractivity contribution in [1.29, 1.82) is 0 Å². The summed E-state index contributed by atoms with van der Waals surface area (Å²) in [6.07, 6.45) is 5.03. The van der Waals surface area contributed by atoms with Crippen LogP contribution in [0.5, 0.6) is 0 Å². The van der Waals surface area contributed by atoms with Gasteiger partial charge in [0.15, 0.2) is 0 Å². The van der Waals surface area contributed by atoms with Gasteiger partial charge in [0.05, 0.1) is 12.1 Å². The van der Waals surface area contributed by atoms with E-state index < -0.39 is 0 Å². The average Bonchev–Trinajstić information content (AvgIpc) is 3.29. The van der Waals surface area contributed by atoms with Gasteiger partial charge in [-0.1, -0.05) is 12.1 Å². The van der Waals surface area contributed by atoms with Crippen molar-refractivity contribution in [2.45, 2.75) is 0 Å². The number of anilines is 2. The minimum absolute atomic E-state index is 0.0467. The van der Waals surface area contributed by atoms with E-state index in [-0.39, 0.29) is 24.3 Å². The van der Waals surface area contributed by atoms with Crippen molar-refractivity contribution in [3.05, 3.63) is 78.4 Å². The van der Waals surface area contributed by atoms with Gasteiger partial charge in [0.25, 0.3) is 11.8 Å². The van der Waals surface area contributed by atoms with Gasteiger partial charge < -0.3 is 25.0 Å². The fourth-order valence-electron chi connectivity index (χ4n) is 3.83. The van der Waals surface area contributed by atoms with Gasteiger partial charge in [-0.3, -0.25) is 19.4 Å². The highest BCUT2D eigenvalue weighted by atomic mass is 16.2. The van der Waals surface area contributed by atoms with E-state index in [0.29, 0.717) is 43.1 Å². The van der Waals surface area contributed by atoms with Crippen molar-refractivity contribution in [2.75, 3.05) is 42.9 Å². The Morgan fingerprint density at radius 1 is 0.909 bits per heavy atom. The molecule has 3 amide bonds. The minimum atomic E-state index is -0.274. The Balaban J connectivity index is 1.33. The molecular weight excluding hydrogens is 420 g/mol. The third kappa shape index (κ3) is 5.20. The summed E-state index contributed by atoms with van der Waals surface area (Å²) in [5.41, 5.74) is 2.59. The van der Waals surface area contributed by atoms with E-state index in [1.165, 1.54) is 0 Å². The normalized spacial score (nSPS) is 13.5. The second-order valence-electron chi connectivity index (χ2n) is 7.76. The number of aromatic nitrogens is 2. The van der Waals surface area contributed by atoms with Crippen LogP contribution in [0.25, 0.3) is 0 Å². The molecule has 0 saturated carbocycles. The van der Waals surface area contributed by atoms with Crippen LogP contribution in [-0.2, 0) is 11.8 Å². The quantitative estimate of drug-likeness (QED) is 0.601. The van der Waals surface area contributed by atoms with Crippen molar-refractivity contribution in [1.82, 2.24) is 19.8 Å². The summed E-state index contributed by atoms with van der Waals surface area (Å²) in [5.74, 6) is -0.594. The molecule has 9 nitrogen and oxygen atoms in total. The van der Waals surface area contributed by atoms with E-state index >= 15 is 0 Å². The van der Waals surface area contributed by atoms with Gasteiger partial charge in [-0.2, -0.15) is 0 Å². The third-order valence-corrected chi connectivity index (χ3v) is 5.64. The summed E-state index contributed by atoms with van der Waals surface area (Å²) in [7, 11) is 1.78. The molecule has 1 aliphatic heterocycles. The van der Waals surface area contributed by atoms with Crippen LogP contribution >= 0.6 is 0 Å². The Morgan fingerprint density at radius 3 is 2.33 bits per heavy atom. The van der Waals surface area contributed by atoms with E-state index in [1.54, 1.807) is 65.4 Å². The molecule has 3 aromatic rings. The first-order valence-electron chi connectivity index (χ1n) is 10.8. The van der Waals surface area contributed by atoms with Crippen molar-refractivity contribution in [2.24, 2.45) is 7.05 Å². The van der Waals surface area contributed by atoms with Crippen molar-refractivity contribution in [3.63, 3.8) is 0 Å². The second kappa shape index (κ2) is 9.99. The van der Waals surface area contributed by atoms with Crippen LogP contribution < -0.4 is 15.5 Å². The molecule has 9 heteroatoms. The number of para-hydroxylation sites is 1. The number of hydrogen-bond donors (Lipinski definition) is 2. The van der Waals surface area contributed by atoms with Crippen LogP contribution in [-0.4, -0.2) is 64.9 Å². The standard InChI is InChI=1S/C24H26N6O3/c1-28-12-4-7-21(28)24(33)26-17-22(31)30-15-13-29(14-16-30)20-6-3-2-5-19(20)23(32)27-18-8-10-25-11-9-18/h2-12H,13-17H2,1H3,(H,26,33)(H,25,27,32). The highest BCUT2D eigenvalue weighted by Crippen LogP contribution is 2.23. The summed E-state index contributed by atoms with van der Waals surface area (Å²) in [6.45, 7) is 2.17. The molecule has 0 spiro atoms. The molecule has 0 bridgehead atoms. The molecule has 2 aromatic heterocycles. The fourth-order valence-corrected chi connectivity index (χ4v) is 3.83. The summed E-state index contributed by atoms with van der Waals surface area (Å²) in [5, 5.41) is 5.59. The monoisotopic (exact) mass is 446 g/mol. The number of benzene rings is 1. The number of piperazine rings is 1. The topological polar surface area (TPSA) is 99.6 Å². The number of pyridine rings is 1. The summed E-state index contributed by atoms with van der Waals surface area (Å²) in [6, 6.07) is 14.4. The second-order valence-corrected chi connectivity index (χ2v) is 7.76. The first kappa shape index (κ1) is 22.1. The van der Waals surface area contributed by atoms with Crippen LogP contribution in [0, 0.1) is 0 Å². The van der Waals surface area contributed by atoms with E-state index in [9.17, 15) is 14.4 Å². The number of carbonyl (C=O) groups excluding carboxylic acids is 3. The van der Waals surface area contributed by atoms with Gasteiger partial charge >= 0.3 is 0 Å². The van der Waals surface area contributed by atoms with Gasteiger partial charge in [0.2, 0.25) is 5.91 Å². The van der Waals surface area contributed by atoms with Crippen LogP contribution in [0.2, 0.25) is 0 Å². The molecule has 170 valence electrons. The molecule has 0 radical (unpaired) electrons. The van der Waals surface area contributed by atoms with Gasteiger partial charge in [-0.15, -0.1) is 0 Å². The molecule has 0 aliphatic carbocycles. The Hall–Kier alpha value is -4.14. The fraction of sp³-hybridized carbons (Fsp3) is 0.250. The van der Waals surface area contributed by atoms with E-state index in [0.717, 1.165) is 5.69 Å². The highest BCUT2D eigenvalue weighted by molar-refractivity contribution is 6.08. The zero-order chi connectivity index (χ0) is 23.2.